The summed E-state index contributed by atoms with van der Waals surface area (Å²) in [6.07, 6.45) is 7.75. The first-order valence-electron chi connectivity index (χ1n) is 6.37. The van der Waals surface area contributed by atoms with Gasteiger partial charge in [-0.1, -0.05) is 12.8 Å². The van der Waals surface area contributed by atoms with Gasteiger partial charge in [-0.15, -0.1) is 0 Å². The van der Waals surface area contributed by atoms with Crippen molar-refractivity contribution in [3.05, 3.63) is 0 Å². The molecule has 2 amide bonds. The third kappa shape index (κ3) is 2.27. The molecule has 0 radical (unpaired) electrons. The van der Waals surface area contributed by atoms with Crippen LogP contribution in [0.4, 0.5) is 4.79 Å². The fourth-order valence-corrected chi connectivity index (χ4v) is 3.13. The molecule has 1 N–H and O–H groups in total. The predicted octanol–water partition coefficient (Wildman–Crippen LogP) is 2.37. The van der Waals surface area contributed by atoms with E-state index in [1.807, 2.05) is 6.92 Å². The molecule has 1 aliphatic heterocycles. The molecule has 0 bridgehead atoms. The molecule has 2 aliphatic rings. The minimum absolute atomic E-state index is 0.161. The number of carbonyl (C=O) groups excluding carboxylic acids is 1. The van der Waals surface area contributed by atoms with E-state index in [4.69, 9.17) is 0 Å². The topological polar surface area (TPSA) is 32.3 Å². The summed E-state index contributed by atoms with van der Waals surface area (Å²) in [5.74, 6) is 0.787. The number of hydrogen-bond acceptors (Lipinski definition) is 1. The number of rotatable bonds is 1. The highest BCUT2D eigenvalue weighted by molar-refractivity contribution is 5.74. The predicted molar refractivity (Wildman–Crippen MR) is 60.8 cm³/mol. The van der Waals surface area contributed by atoms with Crippen molar-refractivity contribution < 1.29 is 4.79 Å². The zero-order chi connectivity index (χ0) is 10.7. The van der Waals surface area contributed by atoms with E-state index < -0.39 is 0 Å². The van der Waals surface area contributed by atoms with Gasteiger partial charge in [-0.2, -0.15) is 0 Å². The molecular formula is C12H22N2O. The van der Waals surface area contributed by atoms with Gasteiger partial charge in [0.15, 0.2) is 0 Å². The Balaban J connectivity index is 2.00. The van der Waals surface area contributed by atoms with Crippen molar-refractivity contribution >= 4 is 6.03 Å². The van der Waals surface area contributed by atoms with Gasteiger partial charge in [0.2, 0.25) is 0 Å². The van der Waals surface area contributed by atoms with E-state index >= 15 is 0 Å². The summed E-state index contributed by atoms with van der Waals surface area (Å²) in [5, 5.41) is 2.94. The SMILES string of the molecule is CCNC(=O)N1CCC[C@@H]2CCCC[C@@H]21. The van der Waals surface area contributed by atoms with E-state index in [0.29, 0.717) is 6.04 Å². The Morgan fingerprint density at radius 2 is 2.00 bits per heavy atom. The molecule has 0 unspecified atom stereocenters. The molecule has 3 heteroatoms. The summed E-state index contributed by atoms with van der Waals surface area (Å²) in [7, 11) is 0. The summed E-state index contributed by atoms with van der Waals surface area (Å²) in [4.78, 5) is 14.0. The van der Waals surface area contributed by atoms with Crippen LogP contribution < -0.4 is 5.32 Å². The van der Waals surface area contributed by atoms with Crippen molar-refractivity contribution in [1.82, 2.24) is 10.2 Å². The van der Waals surface area contributed by atoms with Crippen molar-refractivity contribution in [2.45, 2.75) is 51.5 Å². The molecule has 0 aromatic carbocycles. The molecule has 2 rings (SSSR count). The summed E-state index contributed by atoms with van der Waals surface area (Å²) in [6, 6.07) is 0.702. The Morgan fingerprint density at radius 3 is 2.80 bits per heavy atom. The average Bonchev–Trinajstić information content (AvgIpc) is 2.28. The maximum atomic E-state index is 11.9. The van der Waals surface area contributed by atoms with Crippen LogP contribution in [-0.2, 0) is 0 Å². The van der Waals surface area contributed by atoms with E-state index in [1.54, 1.807) is 0 Å². The molecular weight excluding hydrogens is 188 g/mol. The van der Waals surface area contributed by atoms with Gasteiger partial charge in [0.05, 0.1) is 0 Å². The Bertz CT molecular complexity index is 228. The lowest BCUT2D eigenvalue weighted by atomic mass is 9.78. The first-order valence-corrected chi connectivity index (χ1v) is 6.37. The lowest BCUT2D eigenvalue weighted by Gasteiger charge is -2.43. The number of amides is 2. The Kier molecular flexibility index (Phi) is 3.49. The van der Waals surface area contributed by atoms with Gasteiger partial charge in [-0.25, -0.2) is 4.79 Å². The van der Waals surface area contributed by atoms with Crippen LogP contribution >= 0.6 is 0 Å². The van der Waals surface area contributed by atoms with E-state index in [2.05, 4.69) is 10.2 Å². The molecule has 15 heavy (non-hydrogen) atoms. The van der Waals surface area contributed by atoms with Gasteiger partial charge in [0.25, 0.3) is 0 Å². The van der Waals surface area contributed by atoms with Crippen molar-refractivity contribution in [2.75, 3.05) is 13.1 Å². The number of carbonyl (C=O) groups is 1. The van der Waals surface area contributed by atoms with Crippen molar-refractivity contribution in [1.29, 1.82) is 0 Å². The first kappa shape index (κ1) is 10.8. The number of nitrogens with one attached hydrogen (secondary N) is 1. The number of nitrogens with zero attached hydrogens (tertiary/aromatic N) is 1. The first-order chi connectivity index (χ1) is 7.33. The highest BCUT2D eigenvalue weighted by atomic mass is 16.2. The molecule has 0 spiro atoms. The summed E-state index contributed by atoms with van der Waals surface area (Å²) >= 11 is 0. The van der Waals surface area contributed by atoms with Gasteiger partial charge in [-0.3, -0.25) is 0 Å². The monoisotopic (exact) mass is 210 g/mol. The van der Waals surface area contributed by atoms with E-state index in [0.717, 1.165) is 19.0 Å². The Morgan fingerprint density at radius 1 is 1.27 bits per heavy atom. The maximum Gasteiger partial charge on any atom is 0.317 e. The number of hydrogen-bond donors (Lipinski definition) is 1. The van der Waals surface area contributed by atoms with Crippen LogP contribution in [0.3, 0.4) is 0 Å². The number of fused-ring (bicyclic) bond motifs is 1. The van der Waals surface area contributed by atoms with Gasteiger partial charge < -0.3 is 10.2 Å². The molecule has 0 aromatic rings. The number of piperidine rings is 1. The van der Waals surface area contributed by atoms with Gasteiger partial charge in [0.1, 0.15) is 0 Å². The largest absolute Gasteiger partial charge is 0.338 e. The smallest absolute Gasteiger partial charge is 0.317 e. The zero-order valence-corrected chi connectivity index (χ0v) is 9.67. The van der Waals surface area contributed by atoms with Crippen molar-refractivity contribution in [3.63, 3.8) is 0 Å². The van der Waals surface area contributed by atoms with Crippen molar-refractivity contribution in [3.8, 4) is 0 Å². The zero-order valence-electron chi connectivity index (χ0n) is 9.67. The van der Waals surface area contributed by atoms with E-state index in [9.17, 15) is 4.79 Å². The number of urea groups is 1. The lowest BCUT2D eigenvalue weighted by Crippen LogP contribution is -2.53. The van der Waals surface area contributed by atoms with Crippen LogP contribution in [0, 0.1) is 5.92 Å². The van der Waals surface area contributed by atoms with Crippen LogP contribution in [0.15, 0.2) is 0 Å². The molecule has 1 saturated heterocycles. The molecule has 1 aliphatic carbocycles. The third-order valence-corrected chi connectivity index (χ3v) is 3.83. The van der Waals surface area contributed by atoms with Crippen LogP contribution in [0.2, 0.25) is 0 Å². The third-order valence-electron chi connectivity index (χ3n) is 3.83. The standard InChI is InChI=1S/C12H22N2O/c1-2-13-12(15)14-9-5-7-10-6-3-4-8-11(10)14/h10-11H,2-9H2,1H3,(H,13,15)/t10-,11-/m0/s1. The van der Waals surface area contributed by atoms with Crippen LogP contribution in [0.1, 0.15) is 45.4 Å². The summed E-state index contributed by atoms with van der Waals surface area (Å²) in [5.41, 5.74) is 0. The molecule has 3 nitrogen and oxygen atoms in total. The van der Waals surface area contributed by atoms with Crippen LogP contribution in [0.5, 0.6) is 0 Å². The fraction of sp³-hybridized carbons (Fsp3) is 0.917. The maximum absolute atomic E-state index is 11.9. The second-order valence-electron chi connectivity index (χ2n) is 4.78. The number of likely N-dealkylation sites (tertiary alicyclic amines) is 1. The highest BCUT2D eigenvalue weighted by Gasteiger charge is 2.35. The van der Waals surface area contributed by atoms with Gasteiger partial charge >= 0.3 is 6.03 Å². The highest BCUT2D eigenvalue weighted by Crippen LogP contribution is 2.35. The van der Waals surface area contributed by atoms with Gasteiger partial charge in [-0.05, 0) is 38.5 Å². The molecule has 2 atom stereocenters. The molecule has 86 valence electrons. The van der Waals surface area contributed by atoms with Crippen LogP contribution in [0.25, 0.3) is 0 Å². The summed E-state index contributed by atoms with van der Waals surface area (Å²) < 4.78 is 0. The van der Waals surface area contributed by atoms with E-state index in [-0.39, 0.29) is 6.03 Å². The molecule has 0 aromatic heterocycles. The minimum Gasteiger partial charge on any atom is -0.338 e. The Hall–Kier alpha value is -0.730. The van der Waals surface area contributed by atoms with Crippen LogP contribution in [-0.4, -0.2) is 30.1 Å². The van der Waals surface area contributed by atoms with Crippen molar-refractivity contribution in [2.24, 2.45) is 5.92 Å². The lowest BCUT2D eigenvalue weighted by molar-refractivity contribution is 0.0845. The average molecular weight is 210 g/mol. The summed E-state index contributed by atoms with van der Waals surface area (Å²) in [6.45, 7) is 3.69. The second kappa shape index (κ2) is 4.86. The van der Waals surface area contributed by atoms with E-state index in [1.165, 1.54) is 38.5 Å². The normalized spacial score (nSPS) is 30.9. The Labute approximate surface area is 92.2 Å². The minimum atomic E-state index is 0.161. The molecule has 2 fully saturated rings. The fourth-order valence-electron chi connectivity index (χ4n) is 3.13. The molecule has 1 saturated carbocycles. The quantitative estimate of drug-likeness (QED) is 0.708. The van der Waals surface area contributed by atoms with Gasteiger partial charge in [0, 0.05) is 19.1 Å². The molecule has 1 heterocycles. The second-order valence-corrected chi connectivity index (χ2v) is 4.78.